The first-order chi connectivity index (χ1) is 5.81. The van der Waals surface area contributed by atoms with Gasteiger partial charge in [0.1, 0.15) is 0 Å². The molecular formula is C9H21NOS. The minimum atomic E-state index is 0.640. The van der Waals surface area contributed by atoms with Gasteiger partial charge in [-0.3, -0.25) is 0 Å². The number of nitrogens with two attached hydrogens (primary N) is 1. The first-order valence-electron chi connectivity index (χ1n) is 4.66. The summed E-state index contributed by atoms with van der Waals surface area (Å²) < 4.78 is 5.35. The summed E-state index contributed by atoms with van der Waals surface area (Å²) in [4.78, 5) is 0. The summed E-state index contributed by atoms with van der Waals surface area (Å²) in [5.41, 5.74) is 5.49. The maximum Gasteiger partial charge on any atom is 0.0556 e. The van der Waals surface area contributed by atoms with Gasteiger partial charge in [-0.1, -0.05) is 13.8 Å². The van der Waals surface area contributed by atoms with Crippen LogP contribution in [-0.4, -0.2) is 31.3 Å². The molecule has 0 saturated heterocycles. The van der Waals surface area contributed by atoms with Crippen molar-refractivity contribution >= 4 is 11.8 Å². The molecule has 74 valence electrons. The Bertz CT molecular complexity index is 90.6. The average Bonchev–Trinajstić information content (AvgIpc) is 2.10. The van der Waals surface area contributed by atoms with Crippen LogP contribution in [0.2, 0.25) is 0 Å². The van der Waals surface area contributed by atoms with Gasteiger partial charge in [0, 0.05) is 12.4 Å². The van der Waals surface area contributed by atoms with Crippen LogP contribution in [0.3, 0.4) is 0 Å². The summed E-state index contributed by atoms with van der Waals surface area (Å²) in [6.07, 6.45) is 1.11. The van der Waals surface area contributed by atoms with Gasteiger partial charge in [-0.05, 0) is 24.6 Å². The van der Waals surface area contributed by atoms with Crippen molar-refractivity contribution in [1.29, 1.82) is 0 Å². The second-order valence-electron chi connectivity index (χ2n) is 3.03. The Kier molecular flexibility index (Phi) is 9.57. The lowest BCUT2D eigenvalue weighted by atomic mass is 10.2. The third-order valence-electron chi connectivity index (χ3n) is 1.53. The van der Waals surface area contributed by atoms with Crippen molar-refractivity contribution in [1.82, 2.24) is 0 Å². The molecule has 0 aliphatic carbocycles. The molecule has 0 saturated carbocycles. The van der Waals surface area contributed by atoms with Crippen molar-refractivity contribution in [3.63, 3.8) is 0 Å². The molecule has 0 bridgehead atoms. The second kappa shape index (κ2) is 9.36. The fourth-order valence-corrected chi connectivity index (χ4v) is 1.66. The van der Waals surface area contributed by atoms with Crippen LogP contribution < -0.4 is 5.73 Å². The first-order valence-corrected chi connectivity index (χ1v) is 5.82. The Morgan fingerprint density at radius 3 is 2.75 bits per heavy atom. The van der Waals surface area contributed by atoms with Gasteiger partial charge in [-0.15, -0.1) is 0 Å². The molecule has 1 unspecified atom stereocenters. The summed E-state index contributed by atoms with van der Waals surface area (Å²) in [7, 11) is 0. The molecule has 0 aliphatic heterocycles. The highest BCUT2D eigenvalue weighted by Crippen LogP contribution is 2.06. The SMILES string of the molecule is CCCOCCSCC(C)CN. The zero-order valence-electron chi connectivity index (χ0n) is 8.21. The number of hydrogen-bond acceptors (Lipinski definition) is 3. The van der Waals surface area contributed by atoms with Crippen LogP contribution in [0.1, 0.15) is 20.3 Å². The van der Waals surface area contributed by atoms with Crippen molar-refractivity contribution in [2.24, 2.45) is 11.7 Å². The van der Waals surface area contributed by atoms with E-state index in [0.29, 0.717) is 5.92 Å². The molecule has 2 N–H and O–H groups in total. The fourth-order valence-electron chi connectivity index (χ4n) is 0.717. The third-order valence-corrected chi connectivity index (χ3v) is 2.79. The van der Waals surface area contributed by atoms with Gasteiger partial charge in [-0.25, -0.2) is 0 Å². The van der Waals surface area contributed by atoms with Crippen molar-refractivity contribution in [2.75, 3.05) is 31.3 Å². The van der Waals surface area contributed by atoms with Gasteiger partial charge >= 0.3 is 0 Å². The van der Waals surface area contributed by atoms with E-state index in [4.69, 9.17) is 10.5 Å². The van der Waals surface area contributed by atoms with Crippen LogP contribution in [0.25, 0.3) is 0 Å². The first kappa shape index (κ1) is 12.3. The van der Waals surface area contributed by atoms with Crippen LogP contribution in [0.15, 0.2) is 0 Å². The monoisotopic (exact) mass is 191 g/mol. The summed E-state index contributed by atoms with van der Waals surface area (Å²) in [6, 6.07) is 0. The Morgan fingerprint density at radius 2 is 2.17 bits per heavy atom. The Labute approximate surface area is 80.2 Å². The fraction of sp³-hybridized carbons (Fsp3) is 1.00. The van der Waals surface area contributed by atoms with Gasteiger partial charge in [0.15, 0.2) is 0 Å². The second-order valence-corrected chi connectivity index (χ2v) is 4.18. The number of ether oxygens (including phenoxy) is 1. The Hall–Kier alpha value is 0.270. The standard InChI is InChI=1S/C9H21NOS/c1-3-4-11-5-6-12-8-9(2)7-10/h9H,3-8,10H2,1-2H3. The van der Waals surface area contributed by atoms with Crippen LogP contribution in [0, 0.1) is 5.92 Å². The van der Waals surface area contributed by atoms with Crippen LogP contribution in [0.4, 0.5) is 0 Å². The molecule has 0 aliphatic rings. The molecule has 3 heteroatoms. The minimum Gasteiger partial charge on any atom is -0.381 e. The highest BCUT2D eigenvalue weighted by atomic mass is 32.2. The molecule has 12 heavy (non-hydrogen) atoms. The zero-order chi connectivity index (χ0) is 9.23. The molecule has 0 fully saturated rings. The maximum absolute atomic E-state index is 5.49. The van der Waals surface area contributed by atoms with E-state index >= 15 is 0 Å². The largest absolute Gasteiger partial charge is 0.381 e. The molecule has 0 amide bonds. The van der Waals surface area contributed by atoms with Crippen molar-refractivity contribution in [2.45, 2.75) is 20.3 Å². The van der Waals surface area contributed by atoms with Crippen molar-refractivity contribution < 1.29 is 4.74 Å². The molecule has 0 heterocycles. The molecule has 0 spiro atoms. The normalized spacial score (nSPS) is 13.2. The number of hydrogen-bond donors (Lipinski definition) is 1. The summed E-state index contributed by atoms with van der Waals surface area (Å²) in [6.45, 7) is 6.88. The molecule has 0 aromatic rings. The summed E-state index contributed by atoms with van der Waals surface area (Å²) in [5.74, 6) is 2.90. The maximum atomic E-state index is 5.49. The van der Waals surface area contributed by atoms with Gasteiger partial charge in [0.2, 0.25) is 0 Å². The number of rotatable bonds is 8. The smallest absolute Gasteiger partial charge is 0.0556 e. The molecular weight excluding hydrogens is 170 g/mol. The third kappa shape index (κ3) is 8.37. The zero-order valence-corrected chi connectivity index (χ0v) is 9.03. The topological polar surface area (TPSA) is 35.2 Å². The van der Waals surface area contributed by atoms with Crippen molar-refractivity contribution in [3.05, 3.63) is 0 Å². The Morgan fingerprint density at radius 1 is 1.42 bits per heavy atom. The van der Waals surface area contributed by atoms with Gasteiger partial charge in [0.05, 0.1) is 6.61 Å². The summed E-state index contributed by atoms with van der Waals surface area (Å²) in [5, 5.41) is 0. The molecule has 0 radical (unpaired) electrons. The Balaban J connectivity index is 2.90. The number of thioether (sulfide) groups is 1. The predicted molar refractivity (Wildman–Crippen MR) is 56.7 cm³/mol. The highest BCUT2D eigenvalue weighted by Gasteiger charge is 1.97. The van der Waals surface area contributed by atoms with E-state index in [2.05, 4.69) is 13.8 Å². The van der Waals surface area contributed by atoms with Crippen molar-refractivity contribution in [3.8, 4) is 0 Å². The lowest BCUT2D eigenvalue weighted by Crippen LogP contribution is -2.13. The van der Waals surface area contributed by atoms with Crippen LogP contribution >= 0.6 is 11.8 Å². The van der Waals surface area contributed by atoms with E-state index in [1.165, 1.54) is 0 Å². The molecule has 1 atom stereocenters. The van der Waals surface area contributed by atoms with Gasteiger partial charge in [0.25, 0.3) is 0 Å². The minimum absolute atomic E-state index is 0.640. The van der Waals surface area contributed by atoms with Gasteiger partial charge in [-0.2, -0.15) is 11.8 Å². The van der Waals surface area contributed by atoms with Crippen LogP contribution in [-0.2, 0) is 4.74 Å². The van der Waals surface area contributed by atoms with E-state index in [0.717, 1.165) is 37.7 Å². The van der Waals surface area contributed by atoms with E-state index in [9.17, 15) is 0 Å². The molecule has 0 rings (SSSR count). The summed E-state index contributed by atoms with van der Waals surface area (Å²) >= 11 is 1.93. The quantitative estimate of drug-likeness (QED) is 0.594. The molecule has 2 nitrogen and oxygen atoms in total. The molecule has 0 aromatic heterocycles. The molecule has 0 aromatic carbocycles. The highest BCUT2D eigenvalue weighted by molar-refractivity contribution is 7.99. The lowest BCUT2D eigenvalue weighted by molar-refractivity contribution is 0.151. The van der Waals surface area contributed by atoms with E-state index in [-0.39, 0.29) is 0 Å². The van der Waals surface area contributed by atoms with Gasteiger partial charge < -0.3 is 10.5 Å². The van der Waals surface area contributed by atoms with Crippen LogP contribution in [0.5, 0.6) is 0 Å². The lowest BCUT2D eigenvalue weighted by Gasteiger charge is -2.07. The average molecular weight is 191 g/mol. The van der Waals surface area contributed by atoms with E-state index < -0.39 is 0 Å². The van der Waals surface area contributed by atoms with E-state index in [1.54, 1.807) is 0 Å². The van der Waals surface area contributed by atoms with E-state index in [1.807, 2.05) is 11.8 Å². The predicted octanol–water partition coefficient (Wildman–Crippen LogP) is 1.74.